The van der Waals surface area contributed by atoms with Crippen LogP contribution in [0.3, 0.4) is 0 Å². The second kappa shape index (κ2) is 9.00. The number of benzene rings is 2. The van der Waals surface area contributed by atoms with Gasteiger partial charge >= 0.3 is 6.03 Å². The Balaban J connectivity index is 1.43. The summed E-state index contributed by atoms with van der Waals surface area (Å²) in [6.07, 6.45) is 1.57. The lowest BCUT2D eigenvalue weighted by molar-refractivity contribution is 0.0938. The van der Waals surface area contributed by atoms with Crippen molar-refractivity contribution in [3.8, 4) is 6.07 Å². The summed E-state index contributed by atoms with van der Waals surface area (Å²) >= 11 is 0. The molecule has 1 aliphatic heterocycles. The Bertz CT molecular complexity index is 884. The minimum absolute atomic E-state index is 0.200. The van der Waals surface area contributed by atoms with Crippen LogP contribution in [0.5, 0.6) is 0 Å². The van der Waals surface area contributed by atoms with Crippen LogP contribution in [0.4, 0.5) is 14.9 Å². The van der Waals surface area contributed by atoms with E-state index in [0.29, 0.717) is 36.4 Å². The van der Waals surface area contributed by atoms with Crippen LogP contribution in [0.2, 0.25) is 0 Å². The molecule has 0 spiro atoms. The topological polar surface area (TPSA) is 85.2 Å². The molecule has 0 unspecified atom stereocenters. The molecule has 0 bridgehead atoms. The number of piperidine rings is 1. The van der Waals surface area contributed by atoms with E-state index in [1.165, 1.54) is 24.3 Å². The largest absolute Gasteiger partial charge is 0.352 e. The summed E-state index contributed by atoms with van der Waals surface area (Å²) in [7, 11) is 0. The molecule has 0 radical (unpaired) electrons. The first-order valence-corrected chi connectivity index (χ1v) is 9.15. The first-order valence-electron chi connectivity index (χ1n) is 9.15. The maximum Gasteiger partial charge on any atom is 0.321 e. The van der Waals surface area contributed by atoms with Crippen molar-refractivity contribution in [2.75, 3.05) is 25.0 Å². The van der Waals surface area contributed by atoms with Gasteiger partial charge in [-0.25, -0.2) is 9.18 Å². The number of halogens is 1. The number of amides is 3. The van der Waals surface area contributed by atoms with Crippen LogP contribution in [0.1, 0.15) is 28.8 Å². The lowest BCUT2D eigenvalue weighted by atomic mass is 9.97. The smallest absolute Gasteiger partial charge is 0.321 e. The van der Waals surface area contributed by atoms with E-state index < -0.39 is 0 Å². The first kappa shape index (κ1) is 19.4. The van der Waals surface area contributed by atoms with E-state index in [1.54, 1.807) is 29.2 Å². The number of anilines is 1. The number of rotatable bonds is 4. The predicted octanol–water partition coefficient (Wildman–Crippen LogP) is 3.37. The van der Waals surface area contributed by atoms with E-state index in [2.05, 4.69) is 10.6 Å². The highest BCUT2D eigenvalue weighted by Crippen LogP contribution is 2.18. The van der Waals surface area contributed by atoms with Gasteiger partial charge in [0.1, 0.15) is 5.82 Å². The van der Waals surface area contributed by atoms with Crippen LogP contribution in [0.15, 0.2) is 48.5 Å². The molecule has 0 saturated carbocycles. The number of nitrogens with zero attached hydrogens (tertiary/aromatic N) is 2. The van der Waals surface area contributed by atoms with E-state index in [9.17, 15) is 14.0 Å². The van der Waals surface area contributed by atoms with Crippen LogP contribution in [-0.2, 0) is 0 Å². The second-order valence-corrected chi connectivity index (χ2v) is 6.77. The van der Waals surface area contributed by atoms with Gasteiger partial charge < -0.3 is 15.5 Å². The molecular formula is C21H21FN4O2. The molecule has 1 fully saturated rings. The summed E-state index contributed by atoms with van der Waals surface area (Å²) in [5.74, 6) is -0.258. The highest BCUT2D eigenvalue weighted by Gasteiger charge is 2.23. The van der Waals surface area contributed by atoms with Crippen LogP contribution >= 0.6 is 0 Å². The van der Waals surface area contributed by atoms with Crippen LogP contribution < -0.4 is 10.6 Å². The van der Waals surface area contributed by atoms with Crippen LogP contribution in [0.25, 0.3) is 0 Å². The van der Waals surface area contributed by atoms with Gasteiger partial charge in [0.2, 0.25) is 0 Å². The Kier molecular flexibility index (Phi) is 6.22. The molecule has 1 heterocycles. The van der Waals surface area contributed by atoms with Gasteiger partial charge in [0.25, 0.3) is 5.91 Å². The number of likely N-dealkylation sites (tertiary alicyclic amines) is 1. The van der Waals surface area contributed by atoms with Gasteiger partial charge in [-0.1, -0.05) is 6.07 Å². The van der Waals surface area contributed by atoms with Crippen molar-refractivity contribution >= 4 is 17.6 Å². The average Bonchev–Trinajstić information content (AvgIpc) is 2.74. The third-order valence-corrected chi connectivity index (χ3v) is 4.80. The number of hydrogen-bond acceptors (Lipinski definition) is 3. The van der Waals surface area contributed by atoms with Crippen molar-refractivity contribution in [1.29, 1.82) is 5.26 Å². The molecule has 7 heteroatoms. The van der Waals surface area contributed by atoms with Crippen molar-refractivity contribution in [3.05, 3.63) is 65.5 Å². The van der Waals surface area contributed by atoms with Gasteiger partial charge in [-0.05, 0) is 61.2 Å². The fraction of sp³-hybridized carbons (Fsp3) is 0.286. The quantitative estimate of drug-likeness (QED) is 0.853. The molecule has 0 aromatic heterocycles. The lowest BCUT2D eigenvalue weighted by Gasteiger charge is -2.32. The normalized spacial score (nSPS) is 14.2. The van der Waals surface area contributed by atoms with E-state index in [1.807, 2.05) is 6.07 Å². The Morgan fingerprint density at radius 2 is 1.86 bits per heavy atom. The molecule has 0 aliphatic carbocycles. The molecule has 3 rings (SSSR count). The van der Waals surface area contributed by atoms with Gasteiger partial charge in [0, 0.05) is 30.9 Å². The number of hydrogen-bond donors (Lipinski definition) is 2. The number of carbonyl (C=O) groups excluding carboxylic acids is 2. The highest BCUT2D eigenvalue weighted by molar-refractivity contribution is 5.94. The van der Waals surface area contributed by atoms with E-state index >= 15 is 0 Å². The second-order valence-electron chi connectivity index (χ2n) is 6.77. The standard InChI is InChI=1S/C21H21FN4O2/c22-18-4-6-19(7-5-18)25-21(28)26-10-8-15(9-11-26)14-24-20(27)17-3-1-2-16(12-17)13-23/h1-7,12,15H,8-11,14H2,(H,24,27)(H,25,28). The predicted molar refractivity (Wildman–Crippen MR) is 103 cm³/mol. The summed E-state index contributed by atoms with van der Waals surface area (Å²) in [4.78, 5) is 26.2. The van der Waals surface area contributed by atoms with Crippen molar-refractivity contribution in [3.63, 3.8) is 0 Å². The highest BCUT2D eigenvalue weighted by atomic mass is 19.1. The van der Waals surface area contributed by atoms with Crippen molar-refractivity contribution in [1.82, 2.24) is 10.2 Å². The summed E-state index contributed by atoms with van der Waals surface area (Å²) in [6, 6.07) is 14.1. The first-order chi connectivity index (χ1) is 13.5. The van der Waals surface area contributed by atoms with Gasteiger partial charge in [-0.2, -0.15) is 5.26 Å². The van der Waals surface area contributed by atoms with E-state index in [0.717, 1.165) is 12.8 Å². The average molecular weight is 380 g/mol. The molecule has 0 atom stereocenters. The molecule has 144 valence electrons. The number of nitrogens with one attached hydrogen (secondary N) is 2. The van der Waals surface area contributed by atoms with Crippen LogP contribution in [-0.4, -0.2) is 36.5 Å². The Hall–Kier alpha value is -3.40. The monoisotopic (exact) mass is 380 g/mol. The van der Waals surface area contributed by atoms with Crippen molar-refractivity contribution in [2.45, 2.75) is 12.8 Å². The number of carbonyl (C=O) groups is 2. The van der Waals surface area contributed by atoms with Crippen LogP contribution in [0, 0.1) is 23.1 Å². The molecule has 1 aliphatic rings. The molecule has 1 saturated heterocycles. The fourth-order valence-corrected chi connectivity index (χ4v) is 3.15. The zero-order valence-electron chi connectivity index (χ0n) is 15.3. The molecule has 2 aromatic carbocycles. The SMILES string of the molecule is N#Cc1cccc(C(=O)NCC2CCN(C(=O)Nc3ccc(F)cc3)CC2)c1. The molecule has 3 amide bonds. The van der Waals surface area contributed by atoms with Gasteiger partial charge in [-0.15, -0.1) is 0 Å². The van der Waals surface area contributed by atoms with Gasteiger partial charge in [-0.3, -0.25) is 4.79 Å². The zero-order valence-corrected chi connectivity index (χ0v) is 15.3. The third kappa shape index (κ3) is 5.07. The van der Waals surface area contributed by atoms with Gasteiger partial charge in [0.15, 0.2) is 0 Å². The maximum atomic E-state index is 12.9. The summed E-state index contributed by atoms with van der Waals surface area (Å²) in [5, 5.41) is 14.6. The molecular weight excluding hydrogens is 359 g/mol. The summed E-state index contributed by atoms with van der Waals surface area (Å²) in [5.41, 5.74) is 1.48. The lowest BCUT2D eigenvalue weighted by Crippen LogP contribution is -2.43. The summed E-state index contributed by atoms with van der Waals surface area (Å²) in [6.45, 7) is 1.72. The third-order valence-electron chi connectivity index (χ3n) is 4.80. The van der Waals surface area contributed by atoms with E-state index in [4.69, 9.17) is 5.26 Å². The fourth-order valence-electron chi connectivity index (χ4n) is 3.15. The zero-order chi connectivity index (χ0) is 19.9. The Morgan fingerprint density at radius 1 is 1.14 bits per heavy atom. The van der Waals surface area contributed by atoms with Crippen molar-refractivity contribution in [2.24, 2.45) is 5.92 Å². The number of urea groups is 1. The molecule has 28 heavy (non-hydrogen) atoms. The van der Waals surface area contributed by atoms with E-state index in [-0.39, 0.29) is 23.7 Å². The molecule has 2 N–H and O–H groups in total. The maximum absolute atomic E-state index is 12.9. The van der Waals surface area contributed by atoms with Gasteiger partial charge in [0.05, 0.1) is 11.6 Å². The Morgan fingerprint density at radius 3 is 2.54 bits per heavy atom. The minimum Gasteiger partial charge on any atom is -0.352 e. The molecule has 6 nitrogen and oxygen atoms in total. The summed E-state index contributed by atoms with van der Waals surface area (Å²) < 4.78 is 12.9. The minimum atomic E-state index is -0.347. The number of nitriles is 1. The van der Waals surface area contributed by atoms with Crippen molar-refractivity contribution < 1.29 is 14.0 Å². The Labute approximate surface area is 163 Å². The molecule has 2 aromatic rings.